The van der Waals surface area contributed by atoms with E-state index in [4.69, 9.17) is 0 Å². The summed E-state index contributed by atoms with van der Waals surface area (Å²) < 4.78 is 1.24. The van der Waals surface area contributed by atoms with Gasteiger partial charge in [0, 0.05) is 18.8 Å². The molecule has 1 heterocycles. The summed E-state index contributed by atoms with van der Waals surface area (Å²) in [7, 11) is 2.43. The highest BCUT2D eigenvalue weighted by Crippen LogP contribution is 2.41. The fourth-order valence-corrected chi connectivity index (χ4v) is 3.93. The van der Waals surface area contributed by atoms with Gasteiger partial charge in [0.15, 0.2) is 0 Å². The van der Waals surface area contributed by atoms with E-state index in [-0.39, 0.29) is 24.0 Å². The molecular formula is C18H32IN. The molecule has 0 aromatic heterocycles. The number of hydrogen-bond donors (Lipinski definition) is 0. The van der Waals surface area contributed by atoms with Crippen LogP contribution in [0.3, 0.4) is 0 Å². The average Bonchev–Trinajstić information content (AvgIpc) is 2.76. The Morgan fingerprint density at radius 2 is 1.90 bits per heavy atom. The van der Waals surface area contributed by atoms with Crippen molar-refractivity contribution in [2.24, 2.45) is 11.3 Å². The highest BCUT2D eigenvalue weighted by atomic mass is 127. The fourth-order valence-electron chi connectivity index (χ4n) is 3.93. The van der Waals surface area contributed by atoms with E-state index in [1.807, 2.05) is 0 Å². The van der Waals surface area contributed by atoms with Gasteiger partial charge in [0.25, 0.3) is 0 Å². The Bertz CT molecular complexity index is 375. The maximum Gasteiger partial charge on any atom is 0.105 e. The zero-order valence-corrected chi connectivity index (χ0v) is 16.1. The van der Waals surface area contributed by atoms with Crippen molar-refractivity contribution < 1.29 is 28.5 Å². The predicted octanol–water partition coefficient (Wildman–Crippen LogP) is 1.56. The Labute approximate surface area is 143 Å². The molecule has 0 bridgehead atoms. The van der Waals surface area contributed by atoms with Crippen LogP contribution in [0, 0.1) is 11.3 Å². The number of halogens is 1. The van der Waals surface area contributed by atoms with Crippen LogP contribution >= 0.6 is 0 Å². The third-order valence-electron chi connectivity index (χ3n) is 5.74. The average molecular weight is 389 g/mol. The van der Waals surface area contributed by atoms with Gasteiger partial charge in [-0.2, -0.15) is 0 Å². The number of likely N-dealkylation sites (tertiary alicyclic amines) is 1. The van der Waals surface area contributed by atoms with Crippen LogP contribution in [-0.4, -0.2) is 30.7 Å². The van der Waals surface area contributed by atoms with Crippen molar-refractivity contribution in [1.82, 2.24) is 0 Å². The lowest BCUT2D eigenvalue weighted by Crippen LogP contribution is -3.00. The smallest absolute Gasteiger partial charge is 0.105 e. The van der Waals surface area contributed by atoms with Crippen molar-refractivity contribution in [2.45, 2.75) is 59.4 Å². The van der Waals surface area contributed by atoms with Crippen LogP contribution < -0.4 is 24.0 Å². The van der Waals surface area contributed by atoms with E-state index in [2.05, 4.69) is 53.0 Å². The van der Waals surface area contributed by atoms with Gasteiger partial charge in [-0.1, -0.05) is 31.6 Å². The lowest BCUT2D eigenvalue weighted by atomic mass is 9.68. The summed E-state index contributed by atoms with van der Waals surface area (Å²) in [5.74, 6) is 0.637. The number of hydrogen-bond acceptors (Lipinski definition) is 0. The van der Waals surface area contributed by atoms with Crippen LogP contribution in [0.25, 0.3) is 0 Å². The van der Waals surface area contributed by atoms with Crippen LogP contribution in [0.1, 0.15) is 53.4 Å². The highest BCUT2D eigenvalue weighted by Gasteiger charge is 2.33. The van der Waals surface area contributed by atoms with E-state index >= 15 is 0 Å². The fraction of sp³-hybridized carbons (Fsp3) is 0.778. The second-order valence-corrected chi connectivity index (χ2v) is 7.71. The maximum absolute atomic E-state index is 2.51. The van der Waals surface area contributed by atoms with Gasteiger partial charge < -0.3 is 28.5 Å². The van der Waals surface area contributed by atoms with E-state index < -0.39 is 0 Å². The van der Waals surface area contributed by atoms with Crippen molar-refractivity contribution in [3.63, 3.8) is 0 Å². The topological polar surface area (TPSA) is 0 Å². The molecule has 116 valence electrons. The lowest BCUT2D eigenvalue weighted by Gasteiger charge is -2.38. The van der Waals surface area contributed by atoms with Gasteiger partial charge in [-0.25, -0.2) is 0 Å². The zero-order valence-electron chi connectivity index (χ0n) is 14.0. The summed E-state index contributed by atoms with van der Waals surface area (Å²) in [6.45, 7) is 12.3. The summed E-state index contributed by atoms with van der Waals surface area (Å²) in [5.41, 5.74) is 2.00. The summed E-state index contributed by atoms with van der Waals surface area (Å²) in [5, 5.41) is 0. The molecule has 0 saturated carbocycles. The van der Waals surface area contributed by atoms with Crippen molar-refractivity contribution in [3.05, 3.63) is 23.8 Å². The summed E-state index contributed by atoms with van der Waals surface area (Å²) in [4.78, 5) is 0. The lowest BCUT2D eigenvalue weighted by molar-refractivity contribution is -0.913. The first-order valence-corrected chi connectivity index (χ1v) is 8.04. The van der Waals surface area contributed by atoms with E-state index in [9.17, 15) is 0 Å². The number of likely N-dealkylation sites (N-methyl/N-ethyl adjacent to an activating group) is 1. The van der Waals surface area contributed by atoms with Crippen LogP contribution in [0.4, 0.5) is 0 Å². The first kappa shape index (κ1) is 18.2. The quantitative estimate of drug-likeness (QED) is 0.391. The molecule has 1 aliphatic heterocycles. The van der Waals surface area contributed by atoms with Crippen molar-refractivity contribution >= 4 is 0 Å². The molecule has 2 aliphatic rings. The number of quaternary nitrogens is 1. The van der Waals surface area contributed by atoms with Gasteiger partial charge in [0.2, 0.25) is 0 Å². The van der Waals surface area contributed by atoms with Gasteiger partial charge >= 0.3 is 0 Å². The third-order valence-corrected chi connectivity index (χ3v) is 5.74. The molecule has 2 heteroatoms. The molecule has 1 fully saturated rings. The second-order valence-electron chi connectivity index (χ2n) is 7.71. The Morgan fingerprint density at radius 1 is 1.30 bits per heavy atom. The van der Waals surface area contributed by atoms with Crippen LogP contribution in [0.2, 0.25) is 0 Å². The van der Waals surface area contributed by atoms with E-state index in [1.165, 1.54) is 43.3 Å². The number of rotatable bonds is 3. The molecule has 0 amide bonds. The Kier molecular flexibility index (Phi) is 6.33. The third kappa shape index (κ3) is 3.88. The minimum atomic E-state index is 0. The molecule has 0 aromatic rings. The van der Waals surface area contributed by atoms with Crippen molar-refractivity contribution in [2.75, 3.05) is 20.1 Å². The summed E-state index contributed by atoms with van der Waals surface area (Å²) >= 11 is 0. The maximum atomic E-state index is 2.51. The second kappa shape index (κ2) is 6.95. The molecule has 20 heavy (non-hydrogen) atoms. The zero-order chi connectivity index (χ0) is 14.1. The molecule has 2 atom stereocenters. The van der Waals surface area contributed by atoms with Crippen LogP contribution in [0.5, 0.6) is 0 Å². The summed E-state index contributed by atoms with van der Waals surface area (Å²) in [6.07, 6.45) is 12.8. The number of allylic oxidation sites excluding steroid dienone is 3. The van der Waals surface area contributed by atoms with Gasteiger partial charge in [-0.3, -0.25) is 0 Å². The van der Waals surface area contributed by atoms with Gasteiger partial charge in [0.1, 0.15) is 6.04 Å². The van der Waals surface area contributed by atoms with Crippen LogP contribution in [-0.2, 0) is 0 Å². The molecule has 2 rings (SSSR count). The Morgan fingerprint density at radius 3 is 2.45 bits per heavy atom. The van der Waals surface area contributed by atoms with Crippen molar-refractivity contribution in [3.8, 4) is 0 Å². The van der Waals surface area contributed by atoms with E-state index in [0.717, 1.165) is 0 Å². The predicted molar refractivity (Wildman–Crippen MR) is 84.0 cm³/mol. The molecule has 1 nitrogen and oxygen atoms in total. The highest BCUT2D eigenvalue weighted by molar-refractivity contribution is 5.19. The van der Waals surface area contributed by atoms with Crippen molar-refractivity contribution in [1.29, 1.82) is 0 Å². The van der Waals surface area contributed by atoms with Gasteiger partial charge in [-0.15, -0.1) is 0 Å². The SMILES string of the molecule is CC1=CCCC(C)(C)C1/C=C/C(C)[N+]1(C)CCCC1.[I-]. The van der Waals surface area contributed by atoms with Gasteiger partial charge in [-0.05, 0) is 38.2 Å². The molecule has 1 saturated heterocycles. The largest absolute Gasteiger partial charge is 1.00 e. The molecular weight excluding hydrogens is 357 g/mol. The molecule has 0 aromatic carbocycles. The summed E-state index contributed by atoms with van der Waals surface area (Å²) in [6, 6.07) is 0.660. The van der Waals surface area contributed by atoms with Gasteiger partial charge in [0.05, 0.1) is 20.1 Å². The molecule has 0 radical (unpaired) electrons. The first-order chi connectivity index (χ1) is 8.85. The minimum Gasteiger partial charge on any atom is -1.00 e. The normalized spacial score (nSPS) is 29.9. The molecule has 0 spiro atoms. The van der Waals surface area contributed by atoms with E-state index in [0.29, 0.717) is 17.4 Å². The minimum absolute atomic E-state index is 0. The standard InChI is InChI=1S/C18H32N.HI/c1-15-9-8-12-18(3,4)17(15)11-10-16(2)19(5)13-6-7-14-19;/h9-11,16-17H,6-8,12-14H2,1-5H3;1H/q+1;/p-1/b11-10+;. The number of nitrogens with zero attached hydrogens (tertiary/aromatic N) is 1. The monoisotopic (exact) mass is 389 g/mol. The Balaban J connectivity index is 0.00000200. The molecule has 2 unspecified atom stereocenters. The van der Waals surface area contributed by atoms with E-state index in [1.54, 1.807) is 5.57 Å². The molecule has 1 aliphatic carbocycles. The first-order valence-electron chi connectivity index (χ1n) is 8.04. The Hall–Kier alpha value is 0.170. The molecule has 0 N–H and O–H groups in total. The van der Waals surface area contributed by atoms with Crippen LogP contribution in [0.15, 0.2) is 23.8 Å².